The topological polar surface area (TPSA) is 17.1 Å². The Labute approximate surface area is 112 Å². The molecule has 0 N–H and O–H groups in total. The van der Waals surface area contributed by atoms with Gasteiger partial charge >= 0.3 is 6.18 Å². The summed E-state index contributed by atoms with van der Waals surface area (Å²) in [6, 6.07) is 6.56. The molecule has 0 amide bonds. The van der Waals surface area contributed by atoms with E-state index in [4.69, 9.17) is 0 Å². The van der Waals surface area contributed by atoms with Crippen molar-refractivity contribution >= 4 is 17.1 Å². The number of halogens is 3. The van der Waals surface area contributed by atoms with Gasteiger partial charge in [-0.15, -0.1) is 11.3 Å². The van der Waals surface area contributed by atoms with Gasteiger partial charge in [0, 0.05) is 6.42 Å². The van der Waals surface area contributed by atoms with Crippen molar-refractivity contribution in [2.45, 2.75) is 19.5 Å². The summed E-state index contributed by atoms with van der Waals surface area (Å²) >= 11 is 1.35. The first-order chi connectivity index (χ1) is 8.88. The zero-order valence-electron chi connectivity index (χ0n) is 10.1. The molecule has 0 saturated carbocycles. The van der Waals surface area contributed by atoms with Gasteiger partial charge in [0.25, 0.3) is 0 Å². The molecule has 0 saturated heterocycles. The predicted octanol–water partition coefficient (Wildman–Crippen LogP) is 4.50. The van der Waals surface area contributed by atoms with E-state index in [-0.39, 0.29) is 12.2 Å². The van der Waals surface area contributed by atoms with Gasteiger partial charge in [-0.1, -0.05) is 12.1 Å². The molecule has 5 heteroatoms. The SMILES string of the molecule is Cc1ccsc1C(=O)Cc1ccc(C(F)(F)F)cc1. The van der Waals surface area contributed by atoms with Crippen molar-refractivity contribution in [1.29, 1.82) is 0 Å². The molecule has 100 valence electrons. The van der Waals surface area contributed by atoms with Crippen LogP contribution in [0.1, 0.15) is 26.4 Å². The van der Waals surface area contributed by atoms with Gasteiger partial charge in [0.05, 0.1) is 10.4 Å². The van der Waals surface area contributed by atoms with Gasteiger partial charge in [0.1, 0.15) is 0 Å². The smallest absolute Gasteiger partial charge is 0.293 e. The number of ketones is 1. The van der Waals surface area contributed by atoms with Crippen LogP contribution in [-0.2, 0) is 12.6 Å². The van der Waals surface area contributed by atoms with E-state index in [1.165, 1.54) is 23.5 Å². The Balaban J connectivity index is 2.12. The van der Waals surface area contributed by atoms with Crippen molar-refractivity contribution in [2.24, 2.45) is 0 Å². The minimum atomic E-state index is -4.34. The molecule has 1 aromatic heterocycles. The fraction of sp³-hybridized carbons (Fsp3) is 0.214. The Morgan fingerprint density at radius 1 is 1.16 bits per heavy atom. The maximum Gasteiger partial charge on any atom is 0.416 e. The number of hydrogen-bond acceptors (Lipinski definition) is 2. The Morgan fingerprint density at radius 3 is 2.26 bits per heavy atom. The zero-order valence-corrected chi connectivity index (χ0v) is 10.9. The summed E-state index contributed by atoms with van der Waals surface area (Å²) in [5.41, 5.74) is 0.795. The van der Waals surface area contributed by atoms with E-state index in [1.807, 2.05) is 18.4 Å². The highest BCUT2D eigenvalue weighted by atomic mass is 32.1. The molecule has 0 bridgehead atoms. The van der Waals surface area contributed by atoms with Crippen LogP contribution in [0.4, 0.5) is 13.2 Å². The third-order valence-electron chi connectivity index (χ3n) is 2.76. The third-order valence-corrected chi connectivity index (χ3v) is 3.82. The lowest BCUT2D eigenvalue weighted by Gasteiger charge is -2.07. The number of hydrogen-bond donors (Lipinski definition) is 0. The number of alkyl halides is 3. The molecule has 2 rings (SSSR count). The minimum Gasteiger partial charge on any atom is -0.293 e. The van der Waals surface area contributed by atoms with Gasteiger partial charge < -0.3 is 0 Å². The Hall–Kier alpha value is -1.62. The summed E-state index contributed by atoms with van der Waals surface area (Å²) in [6.07, 6.45) is -4.22. The van der Waals surface area contributed by atoms with Crippen LogP contribution in [0.3, 0.4) is 0 Å². The largest absolute Gasteiger partial charge is 0.416 e. The van der Waals surface area contributed by atoms with Crippen molar-refractivity contribution in [1.82, 2.24) is 0 Å². The molecule has 0 unspecified atom stereocenters. The molecule has 19 heavy (non-hydrogen) atoms. The van der Waals surface area contributed by atoms with Crippen LogP contribution in [-0.4, -0.2) is 5.78 Å². The van der Waals surface area contributed by atoms with E-state index >= 15 is 0 Å². The van der Waals surface area contributed by atoms with Crippen LogP contribution < -0.4 is 0 Å². The van der Waals surface area contributed by atoms with E-state index in [0.29, 0.717) is 10.4 Å². The molecule has 0 spiro atoms. The van der Waals surface area contributed by atoms with E-state index in [1.54, 1.807) is 0 Å². The van der Waals surface area contributed by atoms with Crippen LogP contribution in [0.15, 0.2) is 35.7 Å². The first-order valence-corrected chi connectivity index (χ1v) is 6.49. The molecule has 0 radical (unpaired) electrons. The number of carbonyl (C=O) groups excluding carboxylic acids is 1. The second-order valence-corrected chi connectivity index (χ2v) is 5.14. The van der Waals surface area contributed by atoms with Crippen LogP contribution in [0.5, 0.6) is 0 Å². The van der Waals surface area contributed by atoms with E-state index < -0.39 is 11.7 Å². The normalized spacial score (nSPS) is 11.6. The highest BCUT2D eigenvalue weighted by Gasteiger charge is 2.30. The number of aryl methyl sites for hydroxylation is 1. The first kappa shape index (κ1) is 13.8. The standard InChI is InChI=1S/C14H11F3OS/c1-9-6-7-19-13(9)12(18)8-10-2-4-11(5-3-10)14(15,16)17/h2-7H,8H2,1H3. The van der Waals surface area contributed by atoms with Gasteiger partial charge in [0.2, 0.25) is 0 Å². The Bertz CT molecular complexity index is 581. The number of carbonyl (C=O) groups is 1. The van der Waals surface area contributed by atoms with Gasteiger partial charge in [-0.3, -0.25) is 4.79 Å². The second-order valence-electron chi connectivity index (χ2n) is 4.23. The molecule has 0 fully saturated rings. The van der Waals surface area contributed by atoms with Crippen LogP contribution in [0.25, 0.3) is 0 Å². The molecule has 1 nitrogen and oxygen atoms in total. The summed E-state index contributed by atoms with van der Waals surface area (Å²) < 4.78 is 37.2. The van der Waals surface area contributed by atoms with E-state index in [2.05, 4.69) is 0 Å². The lowest BCUT2D eigenvalue weighted by Crippen LogP contribution is -2.06. The zero-order chi connectivity index (χ0) is 14.0. The molecular weight excluding hydrogens is 273 g/mol. The van der Waals surface area contributed by atoms with Gasteiger partial charge in [-0.25, -0.2) is 0 Å². The maximum absolute atomic E-state index is 12.4. The van der Waals surface area contributed by atoms with Crippen LogP contribution >= 0.6 is 11.3 Å². The third kappa shape index (κ3) is 3.23. The number of thiophene rings is 1. The van der Waals surface area contributed by atoms with Crippen molar-refractivity contribution in [2.75, 3.05) is 0 Å². The summed E-state index contributed by atoms with van der Waals surface area (Å²) in [5.74, 6) is -0.0627. The fourth-order valence-electron chi connectivity index (χ4n) is 1.74. The maximum atomic E-state index is 12.4. The Kier molecular flexibility index (Phi) is 3.75. The van der Waals surface area contributed by atoms with Gasteiger partial charge in [-0.2, -0.15) is 13.2 Å². The minimum absolute atomic E-state index is 0.0627. The molecule has 0 aliphatic rings. The summed E-state index contributed by atoms with van der Waals surface area (Å²) in [5, 5.41) is 1.83. The average molecular weight is 284 g/mol. The average Bonchev–Trinajstić information content (AvgIpc) is 2.75. The van der Waals surface area contributed by atoms with Crippen LogP contribution in [0.2, 0.25) is 0 Å². The summed E-state index contributed by atoms with van der Waals surface area (Å²) in [4.78, 5) is 12.6. The van der Waals surface area contributed by atoms with Gasteiger partial charge in [0.15, 0.2) is 5.78 Å². The molecule has 0 atom stereocenters. The molecule has 2 aromatic rings. The van der Waals surface area contributed by atoms with Crippen LogP contribution in [0, 0.1) is 6.92 Å². The first-order valence-electron chi connectivity index (χ1n) is 5.61. The van der Waals surface area contributed by atoms with E-state index in [0.717, 1.165) is 17.7 Å². The summed E-state index contributed by atoms with van der Waals surface area (Å²) in [6.45, 7) is 1.84. The fourth-order valence-corrected chi connectivity index (χ4v) is 2.60. The number of rotatable bonds is 3. The van der Waals surface area contributed by atoms with Crippen molar-refractivity contribution in [3.8, 4) is 0 Å². The molecular formula is C14H11F3OS. The highest BCUT2D eigenvalue weighted by molar-refractivity contribution is 7.12. The monoisotopic (exact) mass is 284 g/mol. The van der Waals surface area contributed by atoms with Gasteiger partial charge in [-0.05, 0) is 41.6 Å². The van der Waals surface area contributed by atoms with Crippen molar-refractivity contribution in [3.63, 3.8) is 0 Å². The number of Topliss-reactive ketones (excluding diaryl/α,β-unsaturated/α-hetero) is 1. The summed E-state index contributed by atoms with van der Waals surface area (Å²) in [7, 11) is 0. The molecule has 0 aliphatic heterocycles. The quantitative estimate of drug-likeness (QED) is 0.758. The molecule has 1 heterocycles. The molecule has 0 aliphatic carbocycles. The van der Waals surface area contributed by atoms with Crippen molar-refractivity contribution < 1.29 is 18.0 Å². The second kappa shape index (κ2) is 5.17. The number of benzene rings is 1. The lowest BCUT2D eigenvalue weighted by atomic mass is 10.0. The predicted molar refractivity (Wildman–Crippen MR) is 68.5 cm³/mol. The highest BCUT2D eigenvalue weighted by Crippen LogP contribution is 2.29. The Morgan fingerprint density at radius 2 is 1.79 bits per heavy atom. The molecule has 1 aromatic carbocycles. The van der Waals surface area contributed by atoms with E-state index in [9.17, 15) is 18.0 Å². The van der Waals surface area contributed by atoms with Crippen molar-refractivity contribution in [3.05, 3.63) is 57.3 Å². The lowest BCUT2D eigenvalue weighted by molar-refractivity contribution is -0.137.